The van der Waals surface area contributed by atoms with Crippen LogP contribution in [0.25, 0.3) is 0 Å². The van der Waals surface area contributed by atoms with Crippen molar-refractivity contribution >= 4 is 18.0 Å². The number of benzene rings is 1. The van der Waals surface area contributed by atoms with Crippen LogP contribution in [0.3, 0.4) is 0 Å². The molecule has 15 heavy (non-hydrogen) atoms. The SMILES string of the molecule is CN1Cc2ccccc2N(CC=O)C1=O. The zero-order valence-electron chi connectivity index (χ0n) is 8.51. The summed E-state index contributed by atoms with van der Waals surface area (Å²) < 4.78 is 0. The minimum absolute atomic E-state index is 0.111. The van der Waals surface area contributed by atoms with Gasteiger partial charge in [0.2, 0.25) is 0 Å². The molecule has 0 unspecified atom stereocenters. The Morgan fingerprint density at radius 2 is 2.13 bits per heavy atom. The number of urea groups is 1. The fraction of sp³-hybridized carbons (Fsp3) is 0.273. The number of rotatable bonds is 2. The molecule has 0 atom stereocenters. The van der Waals surface area contributed by atoms with E-state index >= 15 is 0 Å². The van der Waals surface area contributed by atoms with Gasteiger partial charge in [0.1, 0.15) is 6.29 Å². The highest BCUT2D eigenvalue weighted by Gasteiger charge is 2.26. The van der Waals surface area contributed by atoms with Crippen molar-refractivity contribution in [1.82, 2.24) is 4.90 Å². The van der Waals surface area contributed by atoms with Crippen LogP contribution in [-0.2, 0) is 11.3 Å². The van der Waals surface area contributed by atoms with Crippen LogP contribution in [0.2, 0.25) is 0 Å². The summed E-state index contributed by atoms with van der Waals surface area (Å²) in [6.45, 7) is 0.713. The molecule has 2 amide bonds. The quantitative estimate of drug-likeness (QED) is 0.680. The predicted molar refractivity (Wildman–Crippen MR) is 56.7 cm³/mol. The molecule has 1 aromatic rings. The Balaban J connectivity index is 2.44. The highest BCUT2D eigenvalue weighted by molar-refractivity contribution is 5.97. The number of nitrogens with zero attached hydrogens (tertiary/aromatic N) is 2. The number of amides is 2. The zero-order valence-corrected chi connectivity index (χ0v) is 8.51. The minimum atomic E-state index is -0.124. The maximum atomic E-state index is 11.8. The monoisotopic (exact) mass is 204 g/mol. The summed E-state index contributed by atoms with van der Waals surface area (Å²) >= 11 is 0. The average Bonchev–Trinajstić information content (AvgIpc) is 2.25. The van der Waals surface area contributed by atoms with E-state index in [1.165, 1.54) is 4.90 Å². The van der Waals surface area contributed by atoms with E-state index in [9.17, 15) is 9.59 Å². The fourth-order valence-corrected chi connectivity index (χ4v) is 1.79. The molecule has 0 aromatic heterocycles. The van der Waals surface area contributed by atoms with Crippen LogP contribution in [-0.4, -0.2) is 30.8 Å². The van der Waals surface area contributed by atoms with Crippen LogP contribution in [0.4, 0.5) is 10.5 Å². The minimum Gasteiger partial charge on any atom is -0.323 e. The van der Waals surface area contributed by atoms with Crippen molar-refractivity contribution in [3.8, 4) is 0 Å². The molecule has 0 spiro atoms. The van der Waals surface area contributed by atoms with Crippen molar-refractivity contribution in [2.75, 3.05) is 18.5 Å². The highest BCUT2D eigenvalue weighted by atomic mass is 16.2. The van der Waals surface area contributed by atoms with E-state index in [0.29, 0.717) is 6.54 Å². The van der Waals surface area contributed by atoms with Crippen molar-refractivity contribution in [2.45, 2.75) is 6.54 Å². The van der Waals surface area contributed by atoms with E-state index in [1.54, 1.807) is 11.9 Å². The van der Waals surface area contributed by atoms with E-state index in [0.717, 1.165) is 17.5 Å². The molecular formula is C11H12N2O2. The molecule has 2 rings (SSSR count). The molecular weight excluding hydrogens is 192 g/mol. The third-order valence-corrected chi connectivity index (χ3v) is 2.50. The van der Waals surface area contributed by atoms with Gasteiger partial charge in [-0.15, -0.1) is 0 Å². The summed E-state index contributed by atoms with van der Waals surface area (Å²) in [6.07, 6.45) is 0.744. The Bertz CT molecular complexity index is 403. The lowest BCUT2D eigenvalue weighted by atomic mass is 10.1. The second-order valence-electron chi connectivity index (χ2n) is 3.54. The Kier molecular flexibility index (Phi) is 2.41. The molecule has 0 saturated carbocycles. The van der Waals surface area contributed by atoms with E-state index in [4.69, 9.17) is 0 Å². The Morgan fingerprint density at radius 3 is 2.87 bits per heavy atom. The van der Waals surface area contributed by atoms with Crippen LogP contribution < -0.4 is 4.90 Å². The van der Waals surface area contributed by atoms with E-state index in [2.05, 4.69) is 0 Å². The Morgan fingerprint density at radius 1 is 1.40 bits per heavy atom. The number of fused-ring (bicyclic) bond motifs is 1. The summed E-state index contributed by atoms with van der Waals surface area (Å²) in [5.41, 5.74) is 1.91. The van der Waals surface area contributed by atoms with Gasteiger partial charge in [-0.25, -0.2) is 4.79 Å². The van der Waals surface area contributed by atoms with Crippen molar-refractivity contribution < 1.29 is 9.59 Å². The van der Waals surface area contributed by atoms with Gasteiger partial charge in [0.15, 0.2) is 0 Å². The Hall–Kier alpha value is -1.84. The van der Waals surface area contributed by atoms with Gasteiger partial charge >= 0.3 is 6.03 Å². The van der Waals surface area contributed by atoms with Crippen LogP contribution in [0.1, 0.15) is 5.56 Å². The zero-order chi connectivity index (χ0) is 10.8. The first-order valence-electron chi connectivity index (χ1n) is 4.78. The lowest BCUT2D eigenvalue weighted by molar-refractivity contribution is -0.106. The number of hydrogen-bond acceptors (Lipinski definition) is 2. The topological polar surface area (TPSA) is 40.6 Å². The van der Waals surface area contributed by atoms with Gasteiger partial charge in [-0.3, -0.25) is 4.90 Å². The first kappa shape index (κ1) is 9.71. The maximum absolute atomic E-state index is 11.8. The highest BCUT2D eigenvalue weighted by Crippen LogP contribution is 2.26. The van der Waals surface area contributed by atoms with Crippen LogP contribution in [0.15, 0.2) is 24.3 Å². The van der Waals surface area contributed by atoms with Gasteiger partial charge in [-0.2, -0.15) is 0 Å². The number of carbonyl (C=O) groups excluding carboxylic acids is 2. The molecule has 0 fully saturated rings. The summed E-state index contributed by atoms with van der Waals surface area (Å²) in [6, 6.07) is 7.51. The summed E-state index contributed by atoms with van der Waals surface area (Å²) in [5, 5.41) is 0. The first-order valence-corrected chi connectivity index (χ1v) is 4.78. The molecule has 1 aromatic carbocycles. The van der Waals surface area contributed by atoms with E-state index in [-0.39, 0.29) is 12.6 Å². The molecule has 1 aliphatic heterocycles. The predicted octanol–water partition coefficient (Wildman–Crippen LogP) is 1.26. The number of hydrogen-bond donors (Lipinski definition) is 0. The fourth-order valence-electron chi connectivity index (χ4n) is 1.79. The van der Waals surface area contributed by atoms with Gasteiger partial charge in [0.05, 0.1) is 12.2 Å². The van der Waals surface area contributed by atoms with Crippen molar-refractivity contribution in [2.24, 2.45) is 0 Å². The summed E-state index contributed by atoms with van der Waals surface area (Å²) in [7, 11) is 1.73. The second-order valence-corrected chi connectivity index (χ2v) is 3.54. The smallest absolute Gasteiger partial charge is 0.323 e. The van der Waals surface area contributed by atoms with E-state index < -0.39 is 0 Å². The molecule has 78 valence electrons. The largest absolute Gasteiger partial charge is 0.324 e. The van der Waals surface area contributed by atoms with Crippen LogP contribution >= 0.6 is 0 Å². The van der Waals surface area contributed by atoms with Crippen molar-refractivity contribution in [1.29, 1.82) is 0 Å². The third kappa shape index (κ3) is 1.58. The number of para-hydroxylation sites is 1. The second kappa shape index (κ2) is 3.73. The molecule has 0 bridgehead atoms. The number of aldehydes is 1. The van der Waals surface area contributed by atoms with Crippen molar-refractivity contribution in [3.63, 3.8) is 0 Å². The van der Waals surface area contributed by atoms with Crippen molar-refractivity contribution in [3.05, 3.63) is 29.8 Å². The van der Waals surface area contributed by atoms with Crippen LogP contribution in [0.5, 0.6) is 0 Å². The van der Waals surface area contributed by atoms with E-state index in [1.807, 2.05) is 24.3 Å². The standard InChI is InChI=1S/C11H12N2O2/c1-12-8-9-4-2-3-5-10(9)13(6-7-14)11(12)15/h2-5,7H,6,8H2,1H3. The molecule has 0 saturated heterocycles. The molecule has 4 nitrogen and oxygen atoms in total. The molecule has 0 aliphatic carbocycles. The van der Waals surface area contributed by atoms with Gasteiger partial charge in [0.25, 0.3) is 0 Å². The number of carbonyl (C=O) groups is 2. The summed E-state index contributed by atoms with van der Waals surface area (Å²) in [5.74, 6) is 0. The average molecular weight is 204 g/mol. The molecule has 4 heteroatoms. The lowest BCUT2D eigenvalue weighted by Crippen LogP contribution is -2.45. The Labute approximate surface area is 88.1 Å². The lowest BCUT2D eigenvalue weighted by Gasteiger charge is -2.33. The van der Waals surface area contributed by atoms with Gasteiger partial charge in [-0.1, -0.05) is 18.2 Å². The molecule has 1 aliphatic rings. The first-order chi connectivity index (χ1) is 7.24. The van der Waals surface area contributed by atoms with Gasteiger partial charge in [-0.05, 0) is 11.6 Å². The molecule has 1 heterocycles. The van der Waals surface area contributed by atoms with Gasteiger partial charge in [0, 0.05) is 13.6 Å². The molecule has 0 N–H and O–H groups in total. The maximum Gasteiger partial charge on any atom is 0.324 e. The van der Waals surface area contributed by atoms with Crippen LogP contribution in [0, 0.1) is 0 Å². The number of anilines is 1. The third-order valence-electron chi connectivity index (χ3n) is 2.50. The summed E-state index contributed by atoms with van der Waals surface area (Å²) in [4.78, 5) is 25.4. The molecule has 0 radical (unpaired) electrons. The normalized spacial score (nSPS) is 15.1. The van der Waals surface area contributed by atoms with Gasteiger partial charge < -0.3 is 9.69 Å².